The third kappa shape index (κ3) is 3.55. The van der Waals surface area contributed by atoms with Crippen molar-refractivity contribution in [1.82, 2.24) is 15.0 Å². The number of hydrogen-bond donors (Lipinski definition) is 1. The highest BCUT2D eigenvalue weighted by atomic mass is 19.1. The zero-order valence-corrected chi connectivity index (χ0v) is 16.9. The van der Waals surface area contributed by atoms with Gasteiger partial charge in [-0.05, 0) is 38.1 Å². The Balaban J connectivity index is 1.72. The summed E-state index contributed by atoms with van der Waals surface area (Å²) in [5.41, 5.74) is 3.82. The molecule has 1 N–H and O–H groups in total. The molecule has 0 saturated carbocycles. The quantitative estimate of drug-likeness (QED) is 0.515. The smallest absolute Gasteiger partial charge is 0.258 e. The lowest BCUT2D eigenvalue weighted by Crippen LogP contribution is -2.14. The maximum absolute atomic E-state index is 14.1. The summed E-state index contributed by atoms with van der Waals surface area (Å²) in [7, 11) is 0. The van der Waals surface area contributed by atoms with Crippen LogP contribution in [0.15, 0.2) is 34.7 Å². The lowest BCUT2D eigenvalue weighted by atomic mass is 9.97. The summed E-state index contributed by atoms with van der Waals surface area (Å²) in [6, 6.07) is 7.66. The Kier molecular flexibility index (Phi) is 4.33. The van der Waals surface area contributed by atoms with Gasteiger partial charge >= 0.3 is 0 Å². The van der Waals surface area contributed by atoms with Gasteiger partial charge in [-0.2, -0.15) is 0 Å². The molecule has 2 aromatic heterocycles. The number of fused-ring (bicyclic) bond motifs is 2. The standard InChI is InChI=1S/C22H21FN4O2/c1-11-12(2)25-19-15(8-13(23)9-17(19)24-11)20(28)26-14-6-7-18-16(10-14)27-21(29-18)22(3,4)5/h6-10H,1-5H3,(H,26,28). The van der Waals surface area contributed by atoms with E-state index in [0.717, 1.165) is 0 Å². The third-order valence-corrected chi connectivity index (χ3v) is 4.68. The van der Waals surface area contributed by atoms with Crippen LogP contribution in [0.3, 0.4) is 0 Å². The van der Waals surface area contributed by atoms with Gasteiger partial charge in [0.15, 0.2) is 5.58 Å². The highest BCUT2D eigenvalue weighted by Gasteiger charge is 2.21. The Labute approximate surface area is 167 Å². The van der Waals surface area contributed by atoms with Crippen molar-refractivity contribution in [3.8, 4) is 0 Å². The van der Waals surface area contributed by atoms with Crippen LogP contribution in [0.1, 0.15) is 48.4 Å². The van der Waals surface area contributed by atoms with Crippen molar-refractivity contribution in [1.29, 1.82) is 0 Å². The van der Waals surface area contributed by atoms with Gasteiger partial charge in [0.1, 0.15) is 16.9 Å². The van der Waals surface area contributed by atoms with E-state index in [0.29, 0.717) is 45.1 Å². The summed E-state index contributed by atoms with van der Waals surface area (Å²) in [4.78, 5) is 26.2. The number of amides is 1. The molecule has 0 aliphatic carbocycles. The van der Waals surface area contributed by atoms with Crippen molar-refractivity contribution in [3.63, 3.8) is 0 Å². The van der Waals surface area contributed by atoms with Gasteiger partial charge < -0.3 is 9.73 Å². The first kappa shape index (κ1) is 19.0. The third-order valence-electron chi connectivity index (χ3n) is 4.68. The van der Waals surface area contributed by atoms with Gasteiger partial charge in [-0.1, -0.05) is 20.8 Å². The molecule has 0 radical (unpaired) electrons. The van der Waals surface area contributed by atoms with Gasteiger partial charge in [0.2, 0.25) is 5.89 Å². The number of benzene rings is 2. The fourth-order valence-electron chi connectivity index (χ4n) is 3.00. The number of oxazole rings is 1. The van der Waals surface area contributed by atoms with Crippen LogP contribution in [-0.2, 0) is 5.41 Å². The van der Waals surface area contributed by atoms with Crippen molar-refractivity contribution >= 4 is 33.7 Å². The molecule has 0 unspecified atom stereocenters. The average Bonchev–Trinajstić information content (AvgIpc) is 3.06. The van der Waals surface area contributed by atoms with Gasteiger partial charge in [0.05, 0.1) is 22.5 Å². The number of anilines is 1. The molecule has 0 aliphatic heterocycles. The summed E-state index contributed by atoms with van der Waals surface area (Å²) >= 11 is 0. The first-order valence-electron chi connectivity index (χ1n) is 9.29. The number of aryl methyl sites for hydroxylation is 2. The van der Waals surface area contributed by atoms with Crippen LogP contribution in [0.5, 0.6) is 0 Å². The number of rotatable bonds is 2. The van der Waals surface area contributed by atoms with Crippen LogP contribution in [-0.4, -0.2) is 20.9 Å². The first-order chi connectivity index (χ1) is 13.6. The van der Waals surface area contributed by atoms with E-state index >= 15 is 0 Å². The number of halogens is 1. The summed E-state index contributed by atoms with van der Waals surface area (Å²) < 4.78 is 19.9. The van der Waals surface area contributed by atoms with Crippen LogP contribution >= 0.6 is 0 Å². The maximum atomic E-state index is 14.1. The van der Waals surface area contributed by atoms with Gasteiger partial charge in [-0.15, -0.1) is 0 Å². The van der Waals surface area contributed by atoms with Crippen LogP contribution in [0.2, 0.25) is 0 Å². The molecule has 0 saturated heterocycles. The van der Waals surface area contributed by atoms with E-state index in [2.05, 4.69) is 20.3 Å². The Hall–Kier alpha value is -3.35. The molecular formula is C22H21FN4O2. The molecule has 29 heavy (non-hydrogen) atoms. The number of aromatic nitrogens is 3. The molecule has 0 bridgehead atoms. The average molecular weight is 392 g/mol. The van der Waals surface area contributed by atoms with Gasteiger partial charge in [-0.25, -0.2) is 19.3 Å². The molecule has 0 spiro atoms. The Bertz CT molecular complexity index is 1270. The molecular weight excluding hydrogens is 371 g/mol. The van der Waals surface area contributed by atoms with E-state index in [1.807, 2.05) is 20.8 Å². The van der Waals surface area contributed by atoms with E-state index in [9.17, 15) is 9.18 Å². The van der Waals surface area contributed by atoms with Crippen molar-refractivity contribution < 1.29 is 13.6 Å². The summed E-state index contributed by atoms with van der Waals surface area (Å²) in [5, 5.41) is 2.80. The number of carbonyl (C=O) groups excluding carboxylic acids is 1. The topological polar surface area (TPSA) is 80.9 Å². The van der Waals surface area contributed by atoms with E-state index in [1.54, 1.807) is 32.0 Å². The highest BCUT2D eigenvalue weighted by molar-refractivity contribution is 6.11. The minimum absolute atomic E-state index is 0.131. The van der Waals surface area contributed by atoms with Crippen molar-refractivity contribution in [3.05, 3.63) is 59.0 Å². The molecule has 4 aromatic rings. The van der Waals surface area contributed by atoms with Crippen molar-refractivity contribution in [2.24, 2.45) is 0 Å². The fourth-order valence-corrected chi connectivity index (χ4v) is 3.00. The van der Waals surface area contributed by atoms with Crippen molar-refractivity contribution in [2.75, 3.05) is 5.32 Å². The zero-order chi connectivity index (χ0) is 20.9. The molecule has 0 aliphatic rings. The number of hydrogen-bond acceptors (Lipinski definition) is 5. The van der Waals surface area contributed by atoms with Gasteiger partial charge in [0.25, 0.3) is 5.91 Å². The van der Waals surface area contributed by atoms with Gasteiger partial charge in [-0.3, -0.25) is 4.79 Å². The van der Waals surface area contributed by atoms with E-state index in [4.69, 9.17) is 4.42 Å². The second-order valence-electron chi connectivity index (χ2n) is 8.12. The minimum atomic E-state index is -0.540. The molecule has 7 heteroatoms. The molecule has 148 valence electrons. The normalized spacial score (nSPS) is 11.9. The summed E-state index contributed by atoms with van der Waals surface area (Å²) in [6.45, 7) is 9.64. The Morgan fingerprint density at radius 2 is 1.72 bits per heavy atom. The maximum Gasteiger partial charge on any atom is 0.258 e. The van der Waals surface area contributed by atoms with E-state index < -0.39 is 11.7 Å². The Morgan fingerprint density at radius 3 is 2.45 bits per heavy atom. The number of nitrogens with one attached hydrogen (secondary N) is 1. The highest BCUT2D eigenvalue weighted by Crippen LogP contribution is 2.28. The predicted molar refractivity (Wildman–Crippen MR) is 110 cm³/mol. The number of carbonyl (C=O) groups is 1. The minimum Gasteiger partial charge on any atom is -0.440 e. The number of nitrogens with zero attached hydrogens (tertiary/aromatic N) is 3. The lowest BCUT2D eigenvalue weighted by molar-refractivity contribution is 0.102. The van der Waals surface area contributed by atoms with Crippen LogP contribution in [0.4, 0.5) is 10.1 Å². The molecule has 2 aromatic carbocycles. The Morgan fingerprint density at radius 1 is 1.00 bits per heavy atom. The second-order valence-corrected chi connectivity index (χ2v) is 8.12. The first-order valence-corrected chi connectivity index (χ1v) is 9.29. The fraction of sp³-hybridized carbons (Fsp3) is 0.273. The molecule has 1 amide bonds. The zero-order valence-electron chi connectivity index (χ0n) is 16.9. The predicted octanol–water partition coefficient (Wildman–Crippen LogP) is 5.08. The summed E-state index contributed by atoms with van der Waals surface area (Å²) in [6.07, 6.45) is 0. The monoisotopic (exact) mass is 392 g/mol. The summed E-state index contributed by atoms with van der Waals surface area (Å²) in [5.74, 6) is -0.388. The SMILES string of the molecule is Cc1nc2cc(F)cc(C(=O)Nc3ccc4oc(C(C)(C)C)nc4c3)c2nc1C. The van der Waals surface area contributed by atoms with Crippen LogP contribution < -0.4 is 5.32 Å². The van der Waals surface area contributed by atoms with Crippen molar-refractivity contribution in [2.45, 2.75) is 40.0 Å². The van der Waals surface area contributed by atoms with Crippen LogP contribution in [0.25, 0.3) is 22.1 Å². The molecule has 6 nitrogen and oxygen atoms in total. The molecule has 2 heterocycles. The van der Waals surface area contributed by atoms with E-state index in [1.165, 1.54) is 12.1 Å². The largest absolute Gasteiger partial charge is 0.440 e. The molecule has 4 rings (SSSR count). The van der Waals surface area contributed by atoms with E-state index in [-0.39, 0.29) is 11.0 Å². The van der Waals surface area contributed by atoms with Crippen LogP contribution in [0, 0.1) is 19.7 Å². The van der Waals surface area contributed by atoms with Gasteiger partial charge in [0, 0.05) is 17.2 Å². The molecule has 0 atom stereocenters. The second kappa shape index (κ2) is 6.62. The lowest BCUT2D eigenvalue weighted by Gasteiger charge is -2.11. The molecule has 0 fully saturated rings.